The Morgan fingerprint density at radius 2 is 1.71 bits per heavy atom. The molecule has 1 aliphatic rings. The summed E-state index contributed by atoms with van der Waals surface area (Å²) >= 11 is 0. The van der Waals surface area contributed by atoms with Gasteiger partial charge in [-0.1, -0.05) is 72.8 Å². The number of hydrogen-bond acceptors (Lipinski definition) is 3. The van der Waals surface area contributed by atoms with Crippen molar-refractivity contribution in [3.63, 3.8) is 0 Å². The first-order chi connectivity index (χ1) is 13.8. The molecule has 0 unspecified atom stereocenters. The molecule has 0 saturated heterocycles. The molecule has 4 nitrogen and oxygen atoms in total. The van der Waals surface area contributed by atoms with Crippen LogP contribution in [-0.4, -0.2) is 21.4 Å². The monoisotopic (exact) mass is 367 g/mol. The maximum Gasteiger partial charge on any atom is 0.254 e. The molecule has 1 aliphatic heterocycles. The molecule has 0 spiro atoms. The summed E-state index contributed by atoms with van der Waals surface area (Å²) in [5.41, 5.74) is 3.97. The third kappa shape index (κ3) is 3.12. The molecule has 0 saturated carbocycles. The van der Waals surface area contributed by atoms with E-state index < -0.39 is 0 Å². The second-order valence-electron chi connectivity index (χ2n) is 7.30. The van der Waals surface area contributed by atoms with Crippen LogP contribution >= 0.6 is 0 Å². The zero-order valence-corrected chi connectivity index (χ0v) is 15.6. The summed E-state index contributed by atoms with van der Waals surface area (Å²) in [6.07, 6.45) is 0.734. The molecule has 138 valence electrons. The Morgan fingerprint density at radius 3 is 2.61 bits per heavy atom. The largest absolute Gasteiger partial charge is 0.306 e. The Labute approximate surface area is 163 Å². The molecule has 4 aromatic rings. The van der Waals surface area contributed by atoms with Crippen LogP contribution in [0.2, 0.25) is 0 Å². The predicted octanol–water partition coefficient (Wildman–Crippen LogP) is 4.15. The highest BCUT2D eigenvalue weighted by Crippen LogP contribution is 2.23. The third-order valence-corrected chi connectivity index (χ3v) is 5.47. The van der Waals surface area contributed by atoms with E-state index in [-0.39, 0.29) is 5.56 Å². The Bertz CT molecular complexity index is 1190. The van der Waals surface area contributed by atoms with Gasteiger partial charge >= 0.3 is 0 Å². The molecule has 0 fully saturated rings. The Kier molecular flexibility index (Phi) is 4.26. The molecule has 0 radical (unpaired) electrons. The number of fused-ring (bicyclic) bond motifs is 2. The van der Waals surface area contributed by atoms with Crippen LogP contribution in [0.25, 0.3) is 22.2 Å². The lowest BCUT2D eigenvalue weighted by molar-refractivity contribution is 0.241. The molecule has 0 bridgehead atoms. The van der Waals surface area contributed by atoms with Gasteiger partial charge in [-0.15, -0.1) is 0 Å². The SMILES string of the molecule is O=c1[nH]c(-c2ccccc2)nc2c1CCN(Cc1cccc3ccccc13)C2. The number of benzene rings is 3. The second kappa shape index (κ2) is 7.06. The lowest BCUT2D eigenvalue weighted by Crippen LogP contribution is -2.35. The van der Waals surface area contributed by atoms with Crippen LogP contribution < -0.4 is 5.56 Å². The van der Waals surface area contributed by atoms with Crippen molar-refractivity contribution in [3.05, 3.63) is 100.0 Å². The van der Waals surface area contributed by atoms with Crippen molar-refractivity contribution >= 4 is 10.8 Å². The molecule has 4 heteroatoms. The van der Waals surface area contributed by atoms with Crippen LogP contribution in [0.4, 0.5) is 0 Å². The zero-order chi connectivity index (χ0) is 18.9. The highest BCUT2D eigenvalue weighted by Gasteiger charge is 2.21. The van der Waals surface area contributed by atoms with Crippen LogP contribution in [-0.2, 0) is 19.5 Å². The summed E-state index contributed by atoms with van der Waals surface area (Å²) in [4.78, 5) is 22.7. The van der Waals surface area contributed by atoms with Gasteiger partial charge < -0.3 is 4.98 Å². The van der Waals surface area contributed by atoms with Gasteiger partial charge in [-0.2, -0.15) is 0 Å². The first kappa shape index (κ1) is 16.9. The smallest absolute Gasteiger partial charge is 0.254 e. The van der Waals surface area contributed by atoms with Gasteiger partial charge in [0.05, 0.1) is 5.69 Å². The Balaban J connectivity index is 1.46. The standard InChI is InChI=1S/C24H21N3O/c28-24-21-13-14-27(15-19-11-6-10-17-7-4-5-12-20(17)19)16-22(21)25-23(26-24)18-8-2-1-3-9-18/h1-12H,13-16H2,(H,25,26,28). The van der Waals surface area contributed by atoms with Gasteiger partial charge in [0.2, 0.25) is 0 Å². The Morgan fingerprint density at radius 1 is 0.929 bits per heavy atom. The van der Waals surface area contributed by atoms with Gasteiger partial charge in [-0.25, -0.2) is 4.98 Å². The van der Waals surface area contributed by atoms with Gasteiger partial charge in [0.25, 0.3) is 5.56 Å². The highest BCUT2D eigenvalue weighted by molar-refractivity contribution is 5.85. The van der Waals surface area contributed by atoms with Crippen molar-refractivity contribution in [1.29, 1.82) is 0 Å². The number of hydrogen-bond donors (Lipinski definition) is 1. The van der Waals surface area contributed by atoms with E-state index in [2.05, 4.69) is 52.3 Å². The molecule has 1 aromatic heterocycles. The fourth-order valence-electron chi connectivity index (χ4n) is 4.03. The molecular weight excluding hydrogens is 346 g/mol. The van der Waals surface area contributed by atoms with E-state index in [4.69, 9.17) is 4.98 Å². The van der Waals surface area contributed by atoms with Crippen molar-refractivity contribution in [2.75, 3.05) is 6.54 Å². The van der Waals surface area contributed by atoms with Gasteiger partial charge in [0, 0.05) is 30.8 Å². The number of nitrogens with zero attached hydrogens (tertiary/aromatic N) is 2. The van der Waals surface area contributed by atoms with E-state index in [1.165, 1.54) is 16.3 Å². The van der Waals surface area contributed by atoms with Gasteiger partial charge in [0.1, 0.15) is 5.82 Å². The first-order valence-electron chi connectivity index (χ1n) is 9.64. The number of aromatic nitrogens is 2. The quantitative estimate of drug-likeness (QED) is 0.592. The maximum absolute atomic E-state index is 12.6. The maximum atomic E-state index is 12.6. The van der Waals surface area contributed by atoms with Crippen LogP contribution in [0.1, 0.15) is 16.8 Å². The summed E-state index contributed by atoms with van der Waals surface area (Å²) in [6, 6.07) is 24.8. The van der Waals surface area contributed by atoms with Crippen molar-refractivity contribution < 1.29 is 0 Å². The fourth-order valence-corrected chi connectivity index (χ4v) is 4.03. The minimum atomic E-state index is -0.00587. The van der Waals surface area contributed by atoms with Gasteiger partial charge in [0.15, 0.2) is 0 Å². The molecule has 0 amide bonds. The van der Waals surface area contributed by atoms with Crippen molar-refractivity contribution in [2.24, 2.45) is 0 Å². The lowest BCUT2D eigenvalue weighted by atomic mass is 10.0. The topological polar surface area (TPSA) is 49.0 Å². The summed E-state index contributed by atoms with van der Waals surface area (Å²) in [5.74, 6) is 0.649. The van der Waals surface area contributed by atoms with Gasteiger partial charge in [-0.3, -0.25) is 9.69 Å². The predicted molar refractivity (Wildman–Crippen MR) is 112 cm³/mol. The van der Waals surface area contributed by atoms with E-state index in [9.17, 15) is 4.79 Å². The van der Waals surface area contributed by atoms with E-state index in [1.807, 2.05) is 30.3 Å². The molecule has 28 heavy (non-hydrogen) atoms. The second-order valence-corrected chi connectivity index (χ2v) is 7.30. The molecule has 0 atom stereocenters. The van der Waals surface area contributed by atoms with Gasteiger partial charge in [-0.05, 0) is 22.8 Å². The summed E-state index contributed by atoms with van der Waals surface area (Å²) in [7, 11) is 0. The summed E-state index contributed by atoms with van der Waals surface area (Å²) in [5, 5.41) is 2.55. The molecule has 1 N–H and O–H groups in total. The number of H-pyrrole nitrogens is 1. The van der Waals surface area contributed by atoms with Crippen molar-refractivity contribution in [1.82, 2.24) is 14.9 Å². The van der Waals surface area contributed by atoms with E-state index in [1.54, 1.807) is 0 Å². The van der Waals surface area contributed by atoms with Crippen molar-refractivity contribution in [3.8, 4) is 11.4 Å². The van der Waals surface area contributed by atoms with Crippen LogP contribution in [0, 0.1) is 0 Å². The number of aromatic amines is 1. The molecule has 3 aromatic carbocycles. The van der Waals surface area contributed by atoms with Crippen LogP contribution in [0.5, 0.6) is 0 Å². The normalized spacial score (nSPS) is 14.1. The molecule has 5 rings (SSSR count). The Hall–Kier alpha value is -3.24. The minimum absolute atomic E-state index is 0.00587. The third-order valence-electron chi connectivity index (χ3n) is 5.47. The summed E-state index contributed by atoms with van der Waals surface area (Å²) < 4.78 is 0. The molecule has 0 aliphatic carbocycles. The average Bonchev–Trinajstić information content (AvgIpc) is 2.74. The summed E-state index contributed by atoms with van der Waals surface area (Å²) in [6.45, 7) is 2.42. The minimum Gasteiger partial charge on any atom is -0.306 e. The molecular formula is C24H21N3O. The van der Waals surface area contributed by atoms with Crippen LogP contribution in [0.3, 0.4) is 0 Å². The van der Waals surface area contributed by atoms with E-state index in [0.29, 0.717) is 12.4 Å². The highest BCUT2D eigenvalue weighted by atomic mass is 16.1. The molecule has 2 heterocycles. The van der Waals surface area contributed by atoms with Crippen molar-refractivity contribution in [2.45, 2.75) is 19.5 Å². The zero-order valence-electron chi connectivity index (χ0n) is 15.6. The van der Waals surface area contributed by atoms with Crippen LogP contribution in [0.15, 0.2) is 77.6 Å². The fraction of sp³-hybridized carbons (Fsp3) is 0.167. The van der Waals surface area contributed by atoms with E-state index >= 15 is 0 Å². The lowest BCUT2D eigenvalue weighted by Gasteiger charge is -2.28. The number of rotatable bonds is 3. The number of nitrogens with one attached hydrogen (secondary N) is 1. The first-order valence-corrected chi connectivity index (χ1v) is 9.64. The van der Waals surface area contributed by atoms with E-state index in [0.717, 1.165) is 36.3 Å². The average molecular weight is 367 g/mol.